The summed E-state index contributed by atoms with van der Waals surface area (Å²) in [7, 11) is 0. The fourth-order valence-electron chi connectivity index (χ4n) is 4.35. The first kappa shape index (κ1) is 24.2. The molecule has 1 aliphatic heterocycles. The Morgan fingerprint density at radius 2 is 1.60 bits per heavy atom. The van der Waals surface area contributed by atoms with Crippen molar-refractivity contribution in [2.75, 3.05) is 4.90 Å². The maximum absolute atomic E-state index is 14.2. The minimum absolute atomic E-state index is 0.220. The Balaban J connectivity index is 1.84. The van der Waals surface area contributed by atoms with Gasteiger partial charge >= 0.3 is 6.09 Å². The number of amides is 3. The van der Waals surface area contributed by atoms with Crippen LogP contribution < -0.4 is 10.2 Å². The first-order chi connectivity index (χ1) is 16.6. The number of ether oxygens (including phenoxy) is 1. The van der Waals surface area contributed by atoms with Gasteiger partial charge in [-0.05, 0) is 62.6 Å². The van der Waals surface area contributed by atoms with Gasteiger partial charge in [0.15, 0.2) is 0 Å². The summed E-state index contributed by atoms with van der Waals surface area (Å²) < 4.78 is 5.63. The van der Waals surface area contributed by atoms with Crippen molar-refractivity contribution in [3.63, 3.8) is 0 Å². The summed E-state index contributed by atoms with van der Waals surface area (Å²) in [5.74, 6) is -0.896. The second-order valence-corrected chi connectivity index (χ2v) is 9.99. The van der Waals surface area contributed by atoms with E-state index in [2.05, 4.69) is 5.32 Å². The van der Waals surface area contributed by atoms with Gasteiger partial charge in [-0.15, -0.1) is 0 Å². The zero-order chi connectivity index (χ0) is 25.2. The first-order valence-corrected chi connectivity index (χ1v) is 11.7. The van der Waals surface area contributed by atoms with Crippen molar-refractivity contribution in [2.45, 2.75) is 51.7 Å². The van der Waals surface area contributed by atoms with Crippen LogP contribution in [0.15, 0.2) is 78.9 Å². The molecule has 0 radical (unpaired) electrons. The van der Waals surface area contributed by atoms with E-state index in [1.807, 2.05) is 61.5 Å². The highest BCUT2D eigenvalue weighted by Crippen LogP contribution is 2.37. The topological polar surface area (TPSA) is 75.7 Å². The highest BCUT2D eigenvalue weighted by Gasteiger charge is 2.50. The number of hydrogen-bond donors (Lipinski definition) is 1. The second kappa shape index (κ2) is 9.37. The Hall–Kier alpha value is -3.93. The molecule has 0 bridgehead atoms. The van der Waals surface area contributed by atoms with Gasteiger partial charge in [0.2, 0.25) is 0 Å². The summed E-state index contributed by atoms with van der Waals surface area (Å²) in [5, 5.41) is 3.01. The number of aryl methyl sites for hydroxylation is 1. The zero-order valence-electron chi connectivity index (χ0n) is 20.5. The van der Waals surface area contributed by atoms with Gasteiger partial charge in [-0.1, -0.05) is 60.7 Å². The number of imide groups is 1. The third-order valence-corrected chi connectivity index (χ3v) is 5.90. The number of carbonyl (C=O) groups excluding carboxylic acids is 3. The molecule has 0 saturated carbocycles. The summed E-state index contributed by atoms with van der Waals surface area (Å²) in [6.45, 7) is 7.17. The molecular weight excluding hydrogens is 440 g/mol. The van der Waals surface area contributed by atoms with Crippen LogP contribution in [-0.2, 0) is 22.4 Å². The first-order valence-electron chi connectivity index (χ1n) is 11.7. The van der Waals surface area contributed by atoms with Crippen LogP contribution >= 0.6 is 0 Å². The second-order valence-electron chi connectivity index (χ2n) is 9.99. The lowest BCUT2D eigenvalue weighted by Crippen LogP contribution is -2.66. The average molecular weight is 471 g/mol. The fourth-order valence-corrected chi connectivity index (χ4v) is 4.35. The molecule has 0 aliphatic carbocycles. The third kappa shape index (κ3) is 5.27. The van der Waals surface area contributed by atoms with Crippen LogP contribution in [0.25, 0.3) is 0 Å². The molecule has 4 rings (SSSR count). The van der Waals surface area contributed by atoms with Crippen LogP contribution in [0.4, 0.5) is 10.5 Å². The van der Waals surface area contributed by atoms with Gasteiger partial charge in [0.05, 0.1) is 5.69 Å². The van der Waals surface area contributed by atoms with Gasteiger partial charge in [0.1, 0.15) is 11.1 Å². The Morgan fingerprint density at radius 3 is 2.23 bits per heavy atom. The molecule has 1 heterocycles. The van der Waals surface area contributed by atoms with Gasteiger partial charge in [0, 0.05) is 18.4 Å². The van der Waals surface area contributed by atoms with Gasteiger partial charge in [-0.25, -0.2) is 9.69 Å². The molecule has 0 aromatic heterocycles. The van der Waals surface area contributed by atoms with Crippen molar-refractivity contribution >= 4 is 23.6 Å². The molecule has 0 spiro atoms. The van der Waals surface area contributed by atoms with E-state index in [0.29, 0.717) is 11.3 Å². The molecule has 3 amide bonds. The molecule has 6 nitrogen and oxygen atoms in total. The average Bonchev–Trinajstić information content (AvgIpc) is 2.80. The van der Waals surface area contributed by atoms with Crippen molar-refractivity contribution in [3.8, 4) is 0 Å². The molecule has 3 aromatic carbocycles. The summed E-state index contributed by atoms with van der Waals surface area (Å²) in [4.78, 5) is 42.0. The monoisotopic (exact) mass is 470 g/mol. The normalized spacial score (nSPS) is 17.5. The number of nitrogens with one attached hydrogen (secondary N) is 1. The lowest BCUT2D eigenvalue weighted by atomic mass is 9.79. The highest BCUT2D eigenvalue weighted by atomic mass is 16.6. The fraction of sp³-hybridized carbons (Fsp3) is 0.276. The minimum atomic E-state index is -1.38. The van der Waals surface area contributed by atoms with E-state index in [-0.39, 0.29) is 18.7 Å². The molecule has 35 heavy (non-hydrogen) atoms. The van der Waals surface area contributed by atoms with Gasteiger partial charge in [-0.3, -0.25) is 9.59 Å². The third-order valence-electron chi connectivity index (χ3n) is 5.90. The Labute approximate surface area is 205 Å². The molecule has 1 unspecified atom stereocenters. The molecular formula is C29H30N2O4. The van der Waals surface area contributed by atoms with Crippen LogP contribution in [0.2, 0.25) is 0 Å². The van der Waals surface area contributed by atoms with E-state index in [1.54, 1.807) is 45.0 Å². The SMILES string of the molecule is Cc1ccc2c(c1)N(C(=O)OC(C)(C)C)C(=O)C(Cc1ccccc1)(NC(=O)c1ccccc1)C2. The molecule has 1 aliphatic rings. The zero-order valence-corrected chi connectivity index (χ0v) is 20.5. The van der Waals surface area contributed by atoms with E-state index in [0.717, 1.165) is 21.6 Å². The minimum Gasteiger partial charge on any atom is -0.443 e. The van der Waals surface area contributed by atoms with Crippen LogP contribution in [0.5, 0.6) is 0 Å². The predicted octanol–water partition coefficient (Wildman–Crippen LogP) is 5.23. The Kier molecular flexibility index (Phi) is 6.48. The summed E-state index contributed by atoms with van der Waals surface area (Å²) >= 11 is 0. The van der Waals surface area contributed by atoms with E-state index in [4.69, 9.17) is 4.74 Å². The van der Waals surface area contributed by atoms with Crippen molar-refractivity contribution in [1.82, 2.24) is 5.32 Å². The largest absolute Gasteiger partial charge is 0.443 e. The lowest BCUT2D eigenvalue weighted by molar-refractivity contribution is -0.125. The molecule has 180 valence electrons. The Morgan fingerprint density at radius 1 is 0.971 bits per heavy atom. The number of carbonyl (C=O) groups is 3. The summed E-state index contributed by atoms with van der Waals surface area (Å²) in [6, 6.07) is 23.9. The Bertz CT molecular complexity index is 1250. The van der Waals surface area contributed by atoms with E-state index < -0.39 is 23.1 Å². The molecule has 0 fully saturated rings. The van der Waals surface area contributed by atoms with Crippen molar-refractivity contribution in [1.29, 1.82) is 0 Å². The van der Waals surface area contributed by atoms with Crippen LogP contribution in [-0.4, -0.2) is 29.0 Å². The number of hydrogen-bond acceptors (Lipinski definition) is 4. The smallest absolute Gasteiger partial charge is 0.421 e. The number of rotatable bonds is 4. The molecule has 0 saturated heterocycles. The molecule has 1 N–H and O–H groups in total. The number of anilines is 1. The molecule has 3 aromatic rings. The van der Waals surface area contributed by atoms with Crippen LogP contribution in [0.3, 0.4) is 0 Å². The van der Waals surface area contributed by atoms with Crippen molar-refractivity contribution in [2.24, 2.45) is 0 Å². The quantitative estimate of drug-likeness (QED) is 0.567. The summed E-state index contributed by atoms with van der Waals surface area (Å²) in [6.07, 6.45) is -0.299. The predicted molar refractivity (Wildman–Crippen MR) is 135 cm³/mol. The summed E-state index contributed by atoms with van der Waals surface area (Å²) in [5.41, 5.74) is 1.31. The lowest BCUT2D eigenvalue weighted by Gasteiger charge is -2.42. The standard InChI is InChI=1S/C29H30N2O4/c1-20-15-16-23-19-29(18-21-11-7-5-8-12-21,30-25(32)22-13-9-6-10-14-22)26(33)31(24(23)17-20)27(34)35-28(2,3)4/h5-17H,18-19H2,1-4H3,(H,30,32). The van der Waals surface area contributed by atoms with Crippen molar-refractivity contribution in [3.05, 3.63) is 101 Å². The number of nitrogens with zero attached hydrogens (tertiary/aromatic N) is 1. The van der Waals surface area contributed by atoms with Gasteiger partial charge in [0.25, 0.3) is 11.8 Å². The van der Waals surface area contributed by atoms with Crippen LogP contribution in [0, 0.1) is 6.92 Å². The van der Waals surface area contributed by atoms with Crippen molar-refractivity contribution < 1.29 is 19.1 Å². The highest BCUT2D eigenvalue weighted by molar-refractivity contribution is 6.19. The number of fused-ring (bicyclic) bond motifs is 1. The van der Waals surface area contributed by atoms with Gasteiger partial charge in [-0.2, -0.15) is 0 Å². The van der Waals surface area contributed by atoms with E-state index in [9.17, 15) is 14.4 Å². The van der Waals surface area contributed by atoms with Gasteiger partial charge < -0.3 is 10.1 Å². The van der Waals surface area contributed by atoms with Crippen LogP contribution in [0.1, 0.15) is 47.8 Å². The molecule has 6 heteroatoms. The maximum atomic E-state index is 14.2. The molecule has 1 atom stereocenters. The number of benzene rings is 3. The maximum Gasteiger partial charge on any atom is 0.421 e. The van der Waals surface area contributed by atoms with E-state index >= 15 is 0 Å². The van der Waals surface area contributed by atoms with E-state index in [1.165, 1.54) is 0 Å².